The van der Waals surface area contributed by atoms with Crippen molar-refractivity contribution in [3.05, 3.63) is 0 Å². The van der Waals surface area contributed by atoms with E-state index in [9.17, 15) is 9.18 Å². The Bertz CT molecular complexity index is 179. The molecule has 1 rings (SSSR count). The highest BCUT2D eigenvalue weighted by Gasteiger charge is 2.50. The van der Waals surface area contributed by atoms with Gasteiger partial charge in [0.2, 0.25) is 5.67 Å². The van der Waals surface area contributed by atoms with E-state index in [1.807, 2.05) is 0 Å². The lowest BCUT2D eigenvalue weighted by molar-refractivity contribution is -0.193. The lowest BCUT2D eigenvalue weighted by atomic mass is 9.95. The number of rotatable bonds is 0. The van der Waals surface area contributed by atoms with Gasteiger partial charge in [-0.05, 0) is 6.92 Å². The van der Waals surface area contributed by atoms with Gasteiger partial charge in [0, 0.05) is 0 Å². The van der Waals surface area contributed by atoms with Crippen LogP contribution in [0, 0.1) is 0 Å². The Labute approximate surface area is 62.6 Å². The van der Waals surface area contributed by atoms with Crippen LogP contribution in [0.15, 0.2) is 0 Å². The molecule has 1 aliphatic heterocycles. The van der Waals surface area contributed by atoms with E-state index in [2.05, 4.69) is 4.74 Å². The number of cyclic esters (lactones) is 1. The second kappa shape index (κ2) is 2.42. The number of aliphatic hydroxyl groups is 2. The van der Waals surface area contributed by atoms with Crippen molar-refractivity contribution in [1.29, 1.82) is 0 Å². The summed E-state index contributed by atoms with van der Waals surface area (Å²) < 4.78 is 17.3. The van der Waals surface area contributed by atoms with Gasteiger partial charge in [0.05, 0.1) is 0 Å². The average Bonchev–Trinajstić information content (AvgIpc) is 1.95. The summed E-state index contributed by atoms with van der Waals surface area (Å²) in [4.78, 5) is 10.6. The number of hydrogen-bond acceptors (Lipinski definition) is 4. The molecule has 0 aliphatic carbocycles. The summed E-state index contributed by atoms with van der Waals surface area (Å²) in [5, 5.41) is 17.8. The van der Waals surface area contributed by atoms with E-state index in [0.717, 1.165) is 6.92 Å². The Balaban J connectivity index is 2.80. The maximum Gasteiger partial charge on any atom is 0.346 e. The molecule has 3 atom stereocenters. The normalized spacial score (nSPS) is 45.3. The molecular weight excluding hydrogens is 155 g/mol. The summed E-state index contributed by atoms with van der Waals surface area (Å²) in [5.74, 6) is -1.13. The fourth-order valence-corrected chi connectivity index (χ4v) is 0.875. The number of carbonyl (C=O) groups excluding carboxylic acids is 1. The van der Waals surface area contributed by atoms with E-state index < -0.39 is 23.8 Å². The van der Waals surface area contributed by atoms with Crippen LogP contribution < -0.4 is 0 Å². The fraction of sp³-hybridized carbons (Fsp3) is 0.833. The van der Waals surface area contributed by atoms with E-state index >= 15 is 0 Å². The van der Waals surface area contributed by atoms with E-state index in [1.165, 1.54) is 0 Å². The van der Waals surface area contributed by atoms with E-state index in [4.69, 9.17) is 10.2 Å². The Kier molecular flexibility index (Phi) is 1.85. The molecule has 0 amide bonds. The average molecular weight is 164 g/mol. The van der Waals surface area contributed by atoms with E-state index in [0.29, 0.717) is 0 Å². The van der Waals surface area contributed by atoms with Crippen LogP contribution >= 0.6 is 0 Å². The highest BCUT2D eigenvalue weighted by atomic mass is 19.1. The Morgan fingerprint density at radius 1 is 1.73 bits per heavy atom. The van der Waals surface area contributed by atoms with Gasteiger partial charge in [-0.3, -0.25) is 0 Å². The van der Waals surface area contributed by atoms with Gasteiger partial charge < -0.3 is 14.9 Å². The number of halogens is 1. The van der Waals surface area contributed by atoms with Gasteiger partial charge >= 0.3 is 5.97 Å². The first-order valence-corrected chi connectivity index (χ1v) is 3.18. The minimum atomic E-state index is -2.49. The van der Waals surface area contributed by atoms with Crippen LogP contribution in [0.25, 0.3) is 0 Å². The minimum absolute atomic E-state index is 0.348. The molecule has 0 saturated carbocycles. The maximum atomic E-state index is 13.0. The third kappa shape index (κ3) is 1.21. The summed E-state index contributed by atoms with van der Waals surface area (Å²) in [5.41, 5.74) is -2.49. The highest BCUT2D eigenvalue weighted by Crippen LogP contribution is 2.24. The summed E-state index contributed by atoms with van der Waals surface area (Å²) >= 11 is 0. The van der Waals surface area contributed by atoms with Gasteiger partial charge in [-0.25, -0.2) is 9.18 Å². The molecule has 0 radical (unpaired) electrons. The SMILES string of the molecule is C[C@@]1(F)C(=O)OC[C@@H](O)[C@H]1O. The first-order valence-electron chi connectivity index (χ1n) is 3.18. The van der Waals surface area contributed by atoms with Crippen molar-refractivity contribution in [2.24, 2.45) is 0 Å². The highest BCUT2D eigenvalue weighted by molar-refractivity contribution is 5.80. The maximum absolute atomic E-state index is 13.0. The first-order chi connectivity index (χ1) is 4.96. The van der Waals surface area contributed by atoms with Gasteiger partial charge in [-0.1, -0.05) is 0 Å². The lowest BCUT2D eigenvalue weighted by Gasteiger charge is -2.32. The zero-order valence-electron chi connectivity index (χ0n) is 5.95. The van der Waals surface area contributed by atoms with Crippen LogP contribution in [0.5, 0.6) is 0 Å². The third-order valence-electron chi connectivity index (χ3n) is 1.70. The van der Waals surface area contributed by atoms with Crippen LogP contribution in [-0.2, 0) is 9.53 Å². The zero-order chi connectivity index (χ0) is 8.65. The number of aliphatic hydroxyl groups excluding tert-OH is 2. The van der Waals surface area contributed by atoms with Crippen molar-refractivity contribution in [3.63, 3.8) is 0 Å². The monoisotopic (exact) mass is 164 g/mol. The molecule has 1 aliphatic rings. The quantitative estimate of drug-likeness (QED) is 0.450. The van der Waals surface area contributed by atoms with Gasteiger partial charge in [-0.2, -0.15) is 0 Å². The lowest BCUT2D eigenvalue weighted by Crippen LogP contribution is -2.56. The standard InChI is InChI=1S/C6H9FO4/c1-6(7)4(9)3(8)2-11-5(6)10/h3-4,8-9H,2H2,1H3/t3-,4-,6+/m1/s1. The van der Waals surface area contributed by atoms with Crippen molar-refractivity contribution in [2.45, 2.75) is 24.8 Å². The minimum Gasteiger partial charge on any atom is -0.460 e. The molecular formula is C6H9FO4. The predicted octanol–water partition coefficient (Wildman–Crippen LogP) is -1.01. The second-order valence-electron chi connectivity index (χ2n) is 2.69. The van der Waals surface area contributed by atoms with Gasteiger partial charge in [0.25, 0.3) is 0 Å². The fourth-order valence-electron chi connectivity index (χ4n) is 0.875. The molecule has 0 bridgehead atoms. The molecule has 64 valence electrons. The predicted molar refractivity (Wildman–Crippen MR) is 32.5 cm³/mol. The zero-order valence-corrected chi connectivity index (χ0v) is 5.95. The molecule has 11 heavy (non-hydrogen) atoms. The Morgan fingerprint density at radius 3 is 2.73 bits per heavy atom. The molecule has 0 spiro atoms. The van der Waals surface area contributed by atoms with Gasteiger partial charge in [0.15, 0.2) is 0 Å². The molecule has 2 N–H and O–H groups in total. The molecule has 5 heteroatoms. The smallest absolute Gasteiger partial charge is 0.346 e. The molecule has 0 unspecified atom stereocenters. The number of ether oxygens (including phenoxy) is 1. The van der Waals surface area contributed by atoms with Crippen molar-refractivity contribution < 1.29 is 24.1 Å². The topological polar surface area (TPSA) is 66.8 Å². The largest absolute Gasteiger partial charge is 0.460 e. The van der Waals surface area contributed by atoms with Crippen LogP contribution in [0.1, 0.15) is 6.92 Å². The van der Waals surface area contributed by atoms with Gasteiger partial charge in [0.1, 0.15) is 18.8 Å². The van der Waals surface area contributed by atoms with Crippen molar-refractivity contribution in [2.75, 3.05) is 6.61 Å². The number of esters is 1. The van der Waals surface area contributed by atoms with Crippen LogP contribution in [-0.4, -0.2) is 40.7 Å². The molecule has 4 nitrogen and oxygen atoms in total. The summed E-state index contributed by atoms with van der Waals surface area (Å²) in [7, 11) is 0. The third-order valence-corrected chi connectivity index (χ3v) is 1.70. The molecule has 1 saturated heterocycles. The summed E-state index contributed by atoms with van der Waals surface area (Å²) in [6.45, 7) is 0.530. The van der Waals surface area contributed by atoms with E-state index in [1.54, 1.807) is 0 Å². The molecule has 1 heterocycles. The number of hydrogen-bond donors (Lipinski definition) is 2. The number of alkyl halides is 1. The van der Waals surface area contributed by atoms with E-state index in [-0.39, 0.29) is 6.61 Å². The Hall–Kier alpha value is -0.680. The number of carbonyl (C=O) groups is 1. The van der Waals surface area contributed by atoms with Crippen molar-refractivity contribution in [1.82, 2.24) is 0 Å². The Morgan fingerprint density at radius 2 is 2.27 bits per heavy atom. The van der Waals surface area contributed by atoms with Gasteiger partial charge in [-0.15, -0.1) is 0 Å². The molecule has 0 aromatic heterocycles. The van der Waals surface area contributed by atoms with Crippen LogP contribution in [0.2, 0.25) is 0 Å². The van der Waals surface area contributed by atoms with Crippen LogP contribution in [0.4, 0.5) is 4.39 Å². The van der Waals surface area contributed by atoms with Crippen molar-refractivity contribution in [3.8, 4) is 0 Å². The molecule has 1 fully saturated rings. The summed E-state index contributed by atoms with van der Waals surface area (Å²) in [6, 6.07) is 0. The van der Waals surface area contributed by atoms with Crippen molar-refractivity contribution >= 4 is 5.97 Å². The molecule has 0 aromatic carbocycles. The first kappa shape index (κ1) is 8.42. The van der Waals surface area contributed by atoms with Crippen LogP contribution in [0.3, 0.4) is 0 Å². The summed E-state index contributed by atoms with van der Waals surface area (Å²) in [6.07, 6.45) is -3.02. The second-order valence-corrected chi connectivity index (χ2v) is 2.69. The molecule has 0 aromatic rings.